The van der Waals surface area contributed by atoms with E-state index in [2.05, 4.69) is 190 Å². The Morgan fingerprint density at radius 3 is 1.17 bits per heavy atom. The Morgan fingerprint density at radius 1 is 0.321 bits per heavy atom. The van der Waals surface area contributed by atoms with Crippen LogP contribution >= 0.6 is 11.6 Å². The fraction of sp³-hybridized carbons (Fsp3) is 0.0769. The fourth-order valence-electron chi connectivity index (χ4n) is 9.22. The fourth-order valence-corrected chi connectivity index (χ4v) is 9.34. The number of fused-ring (bicyclic) bond motifs is 6. The normalized spacial score (nSPS) is 14.2. The van der Waals surface area contributed by atoms with Gasteiger partial charge in [0.15, 0.2) is 0 Å². The third-order valence-corrected chi connectivity index (χ3v) is 12.1. The molecule has 53 heavy (non-hydrogen) atoms. The molecule has 2 aliphatic carbocycles. The molecule has 0 N–H and O–H groups in total. The Morgan fingerprint density at radius 2 is 0.679 bits per heavy atom. The predicted molar refractivity (Wildman–Crippen MR) is 223 cm³/mol. The minimum Gasteiger partial charge on any atom is -0.0843 e. The standard InChI is InChI=1S/C52H37Cl/c1-51(2)48-31-37(23-28-44(48)45-29-24-38(32-49(45)51)36-21-26-42(53)27-22-36)34-17-19-35(20-18-34)39-25-30-46-43-15-9-10-16-47(43)52(50(46)33-39,40-11-5-3-6-12-40)41-13-7-4-8-14-41/h3-33H,1-2H3. The number of halogens is 1. The summed E-state index contributed by atoms with van der Waals surface area (Å²) in [6.07, 6.45) is 0. The number of rotatable bonds is 5. The van der Waals surface area contributed by atoms with Gasteiger partial charge >= 0.3 is 0 Å². The lowest BCUT2D eigenvalue weighted by molar-refractivity contribution is 0.661. The van der Waals surface area contributed by atoms with E-state index in [-0.39, 0.29) is 5.41 Å². The van der Waals surface area contributed by atoms with Gasteiger partial charge in [0.2, 0.25) is 0 Å². The summed E-state index contributed by atoms with van der Waals surface area (Å²) in [5.74, 6) is 0. The molecule has 8 aromatic carbocycles. The first kappa shape index (κ1) is 31.8. The molecule has 0 heterocycles. The van der Waals surface area contributed by atoms with Crippen molar-refractivity contribution >= 4 is 11.6 Å². The van der Waals surface area contributed by atoms with Gasteiger partial charge in [-0.3, -0.25) is 0 Å². The molecule has 0 fully saturated rings. The van der Waals surface area contributed by atoms with Gasteiger partial charge in [-0.1, -0.05) is 183 Å². The molecule has 8 aromatic rings. The molecule has 0 amide bonds. The smallest absolute Gasteiger partial charge is 0.0713 e. The lowest BCUT2D eigenvalue weighted by Gasteiger charge is -2.34. The maximum absolute atomic E-state index is 6.19. The lowest BCUT2D eigenvalue weighted by atomic mass is 9.67. The molecule has 0 saturated heterocycles. The van der Waals surface area contributed by atoms with Gasteiger partial charge in [-0.15, -0.1) is 0 Å². The van der Waals surface area contributed by atoms with Crippen molar-refractivity contribution in [2.75, 3.05) is 0 Å². The first-order valence-corrected chi connectivity index (χ1v) is 18.8. The second-order valence-corrected chi connectivity index (χ2v) is 15.5. The number of benzene rings is 8. The highest BCUT2D eigenvalue weighted by molar-refractivity contribution is 6.30. The van der Waals surface area contributed by atoms with Gasteiger partial charge in [0, 0.05) is 10.4 Å². The van der Waals surface area contributed by atoms with Crippen molar-refractivity contribution in [1.82, 2.24) is 0 Å². The maximum Gasteiger partial charge on any atom is 0.0713 e. The molecule has 252 valence electrons. The Bertz CT molecular complexity index is 2630. The molecule has 2 aliphatic rings. The summed E-state index contributed by atoms with van der Waals surface area (Å²) in [6, 6.07) is 69.3. The molecule has 0 unspecified atom stereocenters. The van der Waals surface area contributed by atoms with Crippen LogP contribution in [0.2, 0.25) is 5.02 Å². The minimum atomic E-state index is -0.408. The first-order chi connectivity index (χ1) is 25.9. The van der Waals surface area contributed by atoms with Crippen LogP contribution in [0.5, 0.6) is 0 Å². The van der Waals surface area contributed by atoms with Crippen molar-refractivity contribution in [1.29, 1.82) is 0 Å². The minimum absolute atomic E-state index is 0.116. The van der Waals surface area contributed by atoms with Crippen LogP contribution in [0.25, 0.3) is 55.6 Å². The predicted octanol–water partition coefficient (Wildman–Crippen LogP) is 14.0. The van der Waals surface area contributed by atoms with E-state index in [1.165, 1.54) is 89.0 Å². The second-order valence-electron chi connectivity index (χ2n) is 15.0. The van der Waals surface area contributed by atoms with Crippen molar-refractivity contribution in [3.63, 3.8) is 0 Å². The van der Waals surface area contributed by atoms with Crippen molar-refractivity contribution in [2.45, 2.75) is 24.7 Å². The Balaban J connectivity index is 1.02. The largest absolute Gasteiger partial charge is 0.0843 e. The van der Waals surface area contributed by atoms with E-state index in [0.29, 0.717) is 0 Å². The summed E-state index contributed by atoms with van der Waals surface area (Å²) < 4.78 is 0. The maximum atomic E-state index is 6.19. The third-order valence-electron chi connectivity index (χ3n) is 11.9. The third kappa shape index (κ3) is 4.83. The van der Waals surface area contributed by atoms with Crippen LogP contribution in [0.15, 0.2) is 188 Å². The Labute approximate surface area is 317 Å². The summed E-state index contributed by atoms with van der Waals surface area (Å²) in [7, 11) is 0. The highest BCUT2D eigenvalue weighted by atomic mass is 35.5. The van der Waals surface area contributed by atoms with Gasteiger partial charge in [-0.25, -0.2) is 0 Å². The highest BCUT2D eigenvalue weighted by Crippen LogP contribution is 2.57. The zero-order valence-corrected chi connectivity index (χ0v) is 30.5. The summed E-state index contributed by atoms with van der Waals surface area (Å²) in [4.78, 5) is 0. The van der Waals surface area contributed by atoms with Crippen LogP contribution < -0.4 is 0 Å². The lowest BCUT2D eigenvalue weighted by Crippen LogP contribution is -2.28. The molecule has 0 aromatic heterocycles. The Kier molecular flexibility index (Phi) is 7.22. The first-order valence-electron chi connectivity index (χ1n) is 18.4. The molecule has 0 radical (unpaired) electrons. The van der Waals surface area contributed by atoms with E-state index >= 15 is 0 Å². The second kappa shape index (κ2) is 12.1. The molecule has 0 bridgehead atoms. The number of hydrogen-bond donors (Lipinski definition) is 0. The summed E-state index contributed by atoms with van der Waals surface area (Å²) in [5, 5.41) is 0.759. The summed E-state index contributed by atoms with van der Waals surface area (Å²) in [6.45, 7) is 4.71. The molecule has 10 rings (SSSR count). The molecular formula is C52H37Cl. The SMILES string of the molecule is CC1(C)c2cc(-c3ccc(Cl)cc3)ccc2-c2ccc(-c3ccc(-c4ccc5c(c4)C(c4ccccc4)(c4ccccc4)c4ccccc4-5)cc3)cc21. The highest BCUT2D eigenvalue weighted by Gasteiger charge is 2.46. The number of hydrogen-bond acceptors (Lipinski definition) is 0. The topological polar surface area (TPSA) is 0 Å². The molecule has 0 aliphatic heterocycles. The Hall–Kier alpha value is -5.95. The van der Waals surface area contributed by atoms with Gasteiger partial charge in [-0.2, -0.15) is 0 Å². The van der Waals surface area contributed by atoms with Crippen LogP contribution in [0, 0.1) is 0 Å². The van der Waals surface area contributed by atoms with Crippen molar-refractivity contribution in [3.05, 3.63) is 226 Å². The van der Waals surface area contributed by atoms with Crippen LogP contribution in [-0.4, -0.2) is 0 Å². The van der Waals surface area contributed by atoms with Gasteiger partial charge in [0.1, 0.15) is 0 Å². The van der Waals surface area contributed by atoms with E-state index in [0.717, 1.165) is 5.02 Å². The molecule has 0 atom stereocenters. The average molecular weight is 697 g/mol. The average Bonchev–Trinajstić information content (AvgIpc) is 3.64. The van der Waals surface area contributed by atoms with E-state index in [1.807, 2.05) is 12.1 Å². The molecule has 0 saturated carbocycles. The van der Waals surface area contributed by atoms with Gasteiger partial charge in [0.05, 0.1) is 5.41 Å². The van der Waals surface area contributed by atoms with Crippen LogP contribution in [0.4, 0.5) is 0 Å². The van der Waals surface area contributed by atoms with E-state index < -0.39 is 5.41 Å². The van der Waals surface area contributed by atoms with E-state index in [4.69, 9.17) is 11.6 Å². The van der Waals surface area contributed by atoms with Crippen molar-refractivity contribution in [3.8, 4) is 55.6 Å². The van der Waals surface area contributed by atoms with Gasteiger partial charge < -0.3 is 0 Å². The molecular weight excluding hydrogens is 660 g/mol. The van der Waals surface area contributed by atoms with Gasteiger partial charge in [0.25, 0.3) is 0 Å². The zero-order chi connectivity index (χ0) is 35.7. The van der Waals surface area contributed by atoms with Gasteiger partial charge in [-0.05, 0) is 119 Å². The molecule has 1 heteroatoms. The van der Waals surface area contributed by atoms with Crippen LogP contribution in [0.3, 0.4) is 0 Å². The molecule has 0 nitrogen and oxygen atoms in total. The quantitative estimate of drug-likeness (QED) is 0.168. The van der Waals surface area contributed by atoms with E-state index in [1.54, 1.807) is 0 Å². The van der Waals surface area contributed by atoms with Crippen LogP contribution in [-0.2, 0) is 10.8 Å². The molecule has 0 spiro atoms. The summed E-state index contributed by atoms with van der Waals surface area (Å²) >= 11 is 6.19. The zero-order valence-electron chi connectivity index (χ0n) is 29.8. The monoisotopic (exact) mass is 696 g/mol. The summed E-state index contributed by atoms with van der Waals surface area (Å²) in [5.41, 5.74) is 20.0. The van der Waals surface area contributed by atoms with E-state index in [9.17, 15) is 0 Å². The van der Waals surface area contributed by atoms with Crippen molar-refractivity contribution < 1.29 is 0 Å². The van der Waals surface area contributed by atoms with Crippen LogP contribution in [0.1, 0.15) is 47.2 Å². The van der Waals surface area contributed by atoms with Crippen molar-refractivity contribution in [2.24, 2.45) is 0 Å².